The fourth-order valence-corrected chi connectivity index (χ4v) is 3.55. The van der Waals surface area contributed by atoms with Gasteiger partial charge in [0.15, 0.2) is 17.3 Å². The van der Waals surface area contributed by atoms with Gasteiger partial charge < -0.3 is 49.3 Å². The Bertz CT molecular complexity index is 1200. The minimum Gasteiger partial charge on any atom is -0.508 e. The summed E-state index contributed by atoms with van der Waals surface area (Å²) in [4.78, 5) is 13.4. The molecular formula is C22H22O11. The minimum absolute atomic E-state index is 0.00234. The van der Waals surface area contributed by atoms with Crippen molar-refractivity contribution in [2.45, 2.75) is 30.7 Å². The Morgan fingerprint density at radius 3 is 2.33 bits per heavy atom. The summed E-state index contributed by atoms with van der Waals surface area (Å²) >= 11 is 0. The lowest BCUT2D eigenvalue weighted by atomic mass is 9.99. The number of hydrogen-bond acceptors (Lipinski definition) is 11. The zero-order valence-corrected chi connectivity index (χ0v) is 17.3. The zero-order valence-electron chi connectivity index (χ0n) is 17.3. The van der Waals surface area contributed by atoms with Crippen LogP contribution in [-0.2, 0) is 4.74 Å². The van der Waals surface area contributed by atoms with Gasteiger partial charge in [-0.05, 0) is 30.3 Å². The van der Waals surface area contributed by atoms with Crippen LogP contribution in [0.5, 0.6) is 23.0 Å². The van der Waals surface area contributed by atoms with Crippen molar-refractivity contribution in [2.75, 3.05) is 13.7 Å². The van der Waals surface area contributed by atoms with Gasteiger partial charge in [-0.15, -0.1) is 0 Å². The van der Waals surface area contributed by atoms with E-state index in [9.17, 15) is 35.4 Å². The number of methoxy groups -OCH3 is 1. The molecule has 33 heavy (non-hydrogen) atoms. The van der Waals surface area contributed by atoms with Crippen LogP contribution in [0.15, 0.2) is 45.6 Å². The predicted octanol–water partition coefficient (Wildman–Crippen LogP) is 0.0585. The molecule has 1 aliphatic heterocycles. The van der Waals surface area contributed by atoms with Crippen LogP contribution < -0.4 is 14.9 Å². The van der Waals surface area contributed by atoms with Crippen LogP contribution in [0.2, 0.25) is 0 Å². The van der Waals surface area contributed by atoms with E-state index in [1.54, 1.807) is 0 Å². The SMILES string of the molecule is COc1cc2c(=O)c(O[C@@H]3O[C@H](CO)[C@@H](O)[C@H](O)[C@H]3O)c(-c3ccc(O)cc3)oc2cc1O. The molecule has 0 spiro atoms. The molecule has 0 saturated carbocycles. The monoisotopic (exact) mass is 462 g/mol. The number of ether oxygens (including phenoxy) is 3. The molecule has 2 aromatic carbocycles. The maximum Gasteiger partial charge on any atom is 0.235 e. The van der Waals surface area contributed by atoms with Gasteiger partial charge in [-0.3, -0.25) is 4.79 Å². The second kappa shape index (κ2) is 8.89. The molecule has 6 N–H and O–H groups in total. The average molecular weight is 462 g/mol. The molecule has 2 heterocycles. The van der Waals surface area contributed by atoms with E-state index in [1.807, 2.05) is 0 Å². The second-order valence-electron chi connectivity index (χ2n) is 7.47. The maximum absolute atomic E-state index is 13.4. The largest absolute Gasteiger partial charge is 0.508 e. The van der Waals surface area contributed by atoms with Crippen molar-refractivity contribution >= 4 is 11.0 Å². The quantitative estimate of drug-likeness (QED) is 0.302. The van der Waals surface area contributed by atoms with E-state index in [4.69, 9.17) is 18.6 Å². The molecule has 11 heteroatoms. The van der Waals surface area contributed by atoms with Crippen LogP contribution in [-0.4, -0.2) is 75.1 Å². The first-order valence-electron chi connectivity index (χ1n) is 9.89. The molecule has 3 aromatic rings. The predicted molar refractivity (Wildman–Crippen MR) is 112 cm³/mol. The molecule has 0 aliphatic carbocycles. The molecule has 1 fully saturated rings. The number of phenols is 2. The summed E-state index contributed by atoms with van der Waals surface area (Å²) < 4.78 is 21.9. The Balaban J connectivity index is 1.88. The Labute approximate surface area is 186 Å². The number of aliphatic hydroxyl groups is 4. The van der Waals surface area contributed by atoms with E-state index in [0.717, 1.165) is 0 Å². The van der Waals surface area contributed by atoms with Gasteiger partial charge in [0, 0.05) is 11.6 Å². The number of phenolic OH excluding ortho intramolecular Hbond substituents is 2. The van der Waals surface area contributed by atoms with Crippen molar-refractivity contribution < 1.29 is 49.3 Å². The molecule has 0 bridgehead atoms. The van der Waals surface area contributed by atoms with Crippen LogP contribution >= 0.6 is 0 Å². The summed E-state index contributed by atoms with van der Waals surface area (Å²) in [6.45, 7) is -0.682. The third-order valence-corrected chi connectivity index (χ3v) is 5.36. The molecule has 0 amide bonds. The van der Waals surface area contributed by atoms with Gasteiger partial charge >= 0.3 is 0 Å². The highest BCUT2D eigenvalue weighted by Crippen LogP contribution is 2.37. The topological polar surface area (TPSA) is 179 Å². The maximum atomic E-state index is 13.4. The van der Waals surface area contributed by atoms with E-state index in [2.05, 4.69) is 0 Å². The molecule has 1 saturated heterocycles. The molecule has 176 valence electrons. The van der Waals surface area contributed by atoms with Crippen molar-refractivity contribution in [3.63, 3.8) is 0 Å². The minimum atomic E-state index is -1.76. The van der Waals surface area contributed by atoms with Crippen molar-refractivity contribution in [1.82, 2.24) is 0 Å². The highest BCUT2D eigenvalue weighted by molar-refractivity contribution is 5.85. The average Bonchev–Trinajstić information content (AvgIpc) is 2.81. The van der Waals surface area contributed by atoms with Crippen LogP contribution in [0.4, 0.5) is 0 Å². The molecule has 5 atom stereocenters. The lowest BCUT2D eigenvalue weighted by Gasteiger charge is -2.39. The summed E-state index contributed by atoms with van der Waals surface area (Å²) in [7, 11) is 1.30. The molecular weight excluding hydrogens is 440 g/mol. The number of aliphatic hydroxyl groups excluding tert-OH is 4. The standard InChI is InChI=1S/C22H22O11/c1-30-14-6-11-13(7-12(14)25)31-20(9-2-4-10(24)5-3-9)21(16(11)26)33-22-19(29)18(28)17(27)15(8-23)32-22/h2-7,15,17-19,22-25,27-29H,8H2,1H3/t15-,17-,18+,19-,22+/m1/s1. The summed E-state index contributed by atoms with van der Waals surface area (Å²) in [6, 6.07) is 8.03. The summed E-state index contributed by atoms with van der Waals surface area (Å²) in [5.74, 6) is -0.835. The fraction of sp³-hybridized carbons (Fsp3) is 0.318. The fourth-order valence-electron chi connectivity index (χ4n) is 3.55. The van der Waals surface area contributed by atoms with E-state index >= 15 is 0 Å². The number of aromatic hydroxyl groups is 2. The summed E-state index contributed by atoms with van der Waals surface area (Å²) in [6.07, 6.45) is -7.99. The Kier molecular flexibility index (Phi) is 6.15. The second-order valence-corrected chi connectivity index (χ2v) is 7.47. The first kappa shape index (κ1) is 22.8. The number of hydrogen-bond donors (Lipinski definition) is 6. The molecule has 1 aromatic heterocycles. The summed E-state index contributed by atoms with van der Waals surface area (Å²) in [5, 5.41) is 59.5. The van der Waals surface area contributed by atoms with Gasteiger partial charge in [-0.2, -0.15) is 0 Å². The number of fused-ring (bicyclic) bond motifs is 1. The molecule has 0 unspecified atom stereocenters. The van der Waals surface area contributed by atoms with E-state index in [1.165, 1.54) is 43.5 Å². The zero-order chi connectivity index (χ0) is 23.9. The van der Waals surface area contributed by atoms with E-state index < -0.39 is 48.5 Å². The normalized spacial score (nSPS) is 25.2. The molecule has 0 radical (unpaired) electrons. The highest BCUT2D eigenvalue weighted by Gasteiger charge is 2.45. The van der Waals surface area contributed by atoms with E-state index in [-0.39, 0.29) is 34.0 Å². The van der Waals surface area contributed by atoms with Crippen molar-refractivity contribution in [1.29, 1.82) is 0 Å². The lowest BCUT2D eigenvalue weighted by Crippen LogP contribution is -2.60. The van der Waals surface area contributed by atoms with Gasteiger partial charge in [-0.25, -0.2) is 0 Å². The van der Waals surface area contributed by atoms with Crippen LogP contribution in [0.1, 0.15) is 0 Å². The van der Waals surface area contributed by atoms with Gasteiger partial charge in [0.05, 0.1) is 19.1 Å². The summed E-state index contributed by atoms with van der Waals surface area (Å²) in [5.41, 5.74) is -0.404. The van der Waals surface area contributed by atoms with Gasteiger partial charge in [0.25, 0.3) is 0 Å². The lowest BCUT2D eigenvalue weighted by molar-refractivity contribution is -0.277. The van der Waals surface area contributed by atoms with Crippen LogP contribution in [0.25, 0.3) is 22.3 Å². The Morgan fingerprint density at radius 1 is 1.00 bits per heavy atom. The van der Waals surface area contributed by atoms with E-state index in [0.29, 0.717) is 5.56 Å². The van der Waals surface area contributed by atoms with Crippen LogP contribution in [0.3, 0.4) is 0 Å². The molecule has 11 nitrogen and oxygen atoms in total. The van der Waals surface area contributed by atoms with Crippen molar-refractivity contribution in [3.8, 4) is 34.3 Å². The smallest absolute Gasteiger partial charge is 0.235 e. The first-order chi connectivity index (χ1) is 15.7. The molecule has 1 aliphatic rings. The van der Waals surface area contributed by atoms with Gasteiger partial charge in [0.1, 0.15) is 35.7 Å². The van der Waals surface area contributed by atoms with Gasteiger partial charge in [0.2, 0.25) is 17.5 Å². The first-order valence-corrected chi connectivity index (χ1v) is 9.89. The van der Waals surface area contributed by atoms with Crippen molar-refractivity contribution in [3.05, 3.63) is 46.6 Å². The van der Waals surface area contributed by atoms with Crippen LogP contribution in [0, 0.1) is 0 Å². The highest BCUT2D eigenvalue weighted by atomic mass is 16.7. The third-order valence-electron chi connectivity index (χ3n) is 5.36. The Hall–Kier alpha value is -3.35. The van der Waals surface area contributed by atoms with Crippen molar-refractivity contribution in [2.24, 2.45) is 0 Å². The Morgan fingerprint density at radius 2 is 1.70 bits per heavy atom. The third kappa shape index (κ3) is 4.08. The van der Waals surface area contributed by atoms with Gasteiger partial charge in [-0.1, -0.05) is 0 Å². The number of rotatable bonds is 5. The molecule has 4 rings (SSSR count). The number of benzene rings is 2.